The molecule has 314 valence electrons. The average molecular weight is 808 g/mol. The summed E-state index contributed by atoms with van der Waals surface area (Å²) in [5.74, 6) is -2.28. The molecular weight excluding hydrogens is 752 g/mol. The maximum Gasteiger partial charge on any atom is 0.471 e. The molecule has 7 rings (SSSR count). The number of anilines is 1. The summed E-state index contributed by atoms with van der Waals surface area (Å²) in [6.45, 7) is 7.93. The first-order chi connectivity index (χ1) is 27.4. The Morgan fingerprint density at radius 3 is 2.38 bits per heavy atom. The molecule has 3 aromatic rings. The number of alkyl halides is 3. The van der Waals surface area contributed by atoms with Crippen molar-refractivity contribution in [2.24, 2.45) is 29.1 Å². The van der Waals surface area contributed by atoms with Crippen LogP contribution in [-0.2, 0) is 27.4 Å². The number of aliphatic hydroxyl groups excluding tert-OH is 1. The molecule has 11 nitrogen and oxygen atoms in total. The lowest BCUT2D eigenvalue weighted by Gasteiger charge is -2.62. The van der Waals surface area contributed by atoms with Gasteiger partial charge in [-0.05, 0) is 78.7 Å². The van der Waals surface area contributed by atoms with Gasteiger partial charge in [-0.2, -0.15) is 18.2 Å². The molecule has 1 heterocycles. The van der Waals surface area contributed by atoms with Crippen LogP contribution in [0.5, 0.6) is 5.75 Å². The van der Waals surface area contributed by atoms with Crippen molar-refractivity contribution in [1.82, 2.24) is 21.0 Å². The van der Waals surface area contributed by atoms with Crippen molar-refractivity contribution in [3.63, 3.8) is 0 Å². The fourth-order valence-electron chi connectivity index (χ4n) is 9.36. The Bertz CT molecular complexity index is 1960. The third-order valence-corrected chi connectivity index (χ3v) is 12.8. The summed E-state index contributed by atoms with van der Waals surface area (Å²) in [6, 6.07) is 19.6. The van der Waals surface area contributed by atoms with Crippen LogP contribution in [0.4, 0.5) is 18.9 Å². The number of hydrogen-bond donors (Lipinski definition) is 4. The van der Waals surface area contributed by atoms with Gasteiger partial charge in [0.2, 0.25) is 5.91 Å². The van der Waals surface area contributed by atoms with E-state index >= 15 is 0 Å². The Hall–Kier alpha value is -4.66. The zero-order valence-electron chi connectivity index (χ0n) is 34.2. The number of nitrogens with zero attached hydrogens (tertiary/aromatic N) is 2. The molecule has 14 heteroatoms. The molecule has 3 aromatic carbocycles. The first kappa shape index (κ1) is 42.9. The Morgan fingerprint density at radius 1 is 1.03 bits per heavy atom. The normalized spacial score (nSPS) is 25.6. The van der Waals surface area contributed by atoms with Crippen molar-refractivity contribution < 1.29 is 42.2 Å². The van der Waals surface area contributed by atoms with E-state index in [1.807, 2.05) is 78.9 Å². The molecule has 58 heavy (non-hydrogen) atoms. The quantitative estimate of drug-likeness (QED) is 0.162. The van der Waals surface area contributed by atoms with Crippen molar-refractivity contribution in [2.75, 3.05) is 39.2 Å². The molecule has 0 spiro atoms. The predicted octanol–water partition coefficient (Wildman–Crippen LogP) is 5.75. The van der Waals surface area contributed by atoms with E-state index in [-0.39, 0.29) is 29.8 Å². The summed E-state index contributed by atoms with van der Waals surface area (Å²) >= 11 is 0. The minimum atomic E-state index is -5.12. The zero-order valence-corrected chi connectivity index (χ0v) is 34.2. The Kier molecular flexibility index (Phi) is 12.8. The fourth-order valence-corrected chi connectivity index (χ4v) is 9.36. The van der Waals surface area contributed by atoms with Gasteiger partial charge in [-0.3, -0.25) is 19.2 Å². The summed E-state index contributed by atoms with van der Waals surface area (Å²) in [6.07, 6.45) is -4.91. The molecular formula is C44H56F3N5O6. The molecule has 2 bridgehead atoms. The molecule has 3 amide bonds. The van der Waals surface area contributed by atoms with E-state index in [4.69, 9.17) is 9.57 Å². The first-order valence-corrected chi connectivity index (χ1v) is 20.0. The van der Waals surface area contributed by atoms with Gasteiger partial charge in [-0.1, -0.05) is 69.3 Å². The summed E-state index contributed by atoms with van der Waals surface area (Å²) in [5.41, 5.74) is 4.43. The van der Waals surface area contributed by atoms with Gasteiger partial charge in [0.05, 0.1) is 19.8 Å². The van der Waals surface area contributed by atoms with E-state index in [1.54, 1.807) is 12.1 Å². The number of benzene rings is 3. The second kappa shape index (κ2) is 17.3. The van der Waals surface area contributed by atoms with Crippen LogP contribution in [0, 0.1) is 29.1 Å². The monoisotopic (exact) mass is 807 g/mol. The van der Waals surface area contributed by atoms with Crippen molar-refractivity contribution >= 4 is 23.4 Å². The number of fused-ring (bicyclic) bond motifs is 2. The number of rotatable bonds is 14. The zero-order chi connectivity index (χ0) is 42.1. The van der Waals surface area contributed by atoms with Crippen LogP contribution >= 0.6 is 0 Å². The van der Waals surface area contributed by atoms with Crippen LogP contribution in [0.1, 0.15) is 62.0 Å². The molecule has 3 saturated carbocycles. The van der Waals surface area contributed by atoms with Crippen molar-refractivity contribution in [2.45, 2.75) is 84.0 Å². The van der Waals surface area contributed by atoms with E-state index in [1.165, 1.54) is 19.1 Å². The number of carbonyl (C=O) groups excluding carboxylic acids is 3. The number of para-hydroxylation sites is 1. The number of halogens is 3. The highest BCUT2D eigenvalue weighted by Crippen LogP contribution is 2.61. The number of methoxy groups -OCH3 is 1. The van der Waals surface area contributed by atoms with Gasteiger partial charge >= 0.3 is 12.1 Å². The summed E-state index contributed by atoms with van der Waals surface area (Å²) in [7, 11) is 5.27. The van der Waals surface area contributed by atoms with E-state index in [2.05, 4.69) is 31.4 Å². The second-order valence-electron chi connectivity index (χ2n) is 16.9. The second-order valence-corrected chi connectivity index (χ2v) is 16.9. The molecule has 1 aliphatic heterocycles. The van der Waals surface area contributed by atoms with Crippen molar-refractivity contribution in [1.29, 1.82) is 0 Å². The SMILES string of the molecule is COc1c(CN2O[C@@H](CNC(=O)C(F)(F)F)[C@@H]([C@H](C)O)[C@H]2C(=O)N[C@H]2C[C@H]3C[C@H]([C@@H]2C)C3(C)C)cccc1-c1cc(C(=O)NCCc2ccccc2)cc(N(C)C)c1. The Labute approximate surface area is 338 Å². The minimum Gasteiger partial charge on any atom is -0.496 e. The standard InChI is InChI=1S/C44H56F3N5O6/c1-25-34-21-31(43(34,3)4)22-35(25)50-41(55)38-37(26(2)53)36(23-49-42(56)44(45,46)47)58-52(38)24-28-14-11-15-33(39(28)57-7)29-18-30(20-32(19-29)51(5)6)40(54)48-17-16-27-12-9-8-10-13-27/h8-15,18-20,25-26,31,34-38,53H,16-17,21-24H2,1-7H3,(H,48,54)(H,49,56)(H,50,55)/t25-,26-,31+,34+,35-,36-,37+,38-/m0/s1. The molecule has 1 saturated heterocycles. The number of carbonyl (C=O) groups is 3. The molecule has 4 N–H and O–H groups in total. The molecule has 3 aliphatic carbocycles. The van der Waals surface area contributed by atoms with Crippen LogP contribution < -0.4 is 25.6 Å². The highest BCUT2D eigenvalue weighted by Gasteiger charge is 2.57. The summed E-state index contributed by atoms with van der Waals surface area (Å²) in [5, 5.41) is 20.6. The molecule has 4 fully saturated rings. The van der Waals surface area contributed by atoms with Crippen LogP contribution in [-0.4, -0.2) is 92.7 Å². The van der Waals surface area contributed by atoms with Gasteiger partial charge in [0.15, 0.2) is 0 Å². The molecule has 0 radical (unpaired) electrons. The number of nitrogens with one attached hydrogen (secondary N) is 3. The molecule has 0 aromatic heterocycles. The van der Waals surface area contributed by atoms with Crippen LogP contribution in [0.2, 0.25) is 0 Å². The summed E-state index contributed by atoms with van der Waals surface area (Å²) in [4.78, 5) is 47.9. The molecule has 0 unspecified atom stereocenters. The van der Waals surface area contributed by atoms with Crippen molar-refractivity contribution in [3.05, 3.63) is 83.4 Å². The van der Waals surface area contributed by atoms with E-state index < -0.39 is 48.7 Å². The van der Waals surface area contributed by atoms with E-state index in [0.29, 0.717) is 52.8 Å². The maximum atomic E-state index is 14.4. The van der Waals surface area contributed by atoms with Crippen LogP contribution in [0.15, 0.2) is 66.7 Å². The average Bonchev–Trinajstić information content (AvgIpc) is 3.55. The number of hydrogen-bond acceptors (Lipinski definition) is 8. The Morgan fingerprint density at radius 2 is 1.76 bits per heavy atom. The Balaban J connectivity index is 1.29. The largest absolute Gasteiger partial charge is 0.496 e. The molecule has 8 atom stereocenters. The lowest BCUT2D eigenvalue weighted by Crippen LogP contribution is -2.62. The van der Waals surface area contributed by atoms with Crippen molar-refractivity contribution in [3.8, 4) is 16.9 Å². The first-order valence-electron chi connectivity index (χ1n) is 20.0. The van der Waals surface area contributed by atoms with E-state index in [0.717, 1.165) is 24.1 Å². The van der Waals surface area contributed by atoms with Gasteiger partial charge in [0.25, 0.3) is 5.91 Å². The maximum absolute atomic E-state index is 14.4. The third-order valence-electron chi connectivity index (χ3n) is 12.8. The summed E-state index contributed by atoms with van der Waals surface area (Å²) < 4.78 is 45.7. The van der Waals surface area contributed by atoms with Gasteiger partial charge in [-0.25, -0.2) is 0 Å². The number of hydroxylamine groups is 2. The van der Waals surface area contributed by atoms with E-state index in [9.17, 15) is 32.7 Å². The van der Waals surface area contributed by atoms with Gasteiger partial charge in [0, 0.05) is 61.5 Å². The lowest BCUT2D eigenvalue weighted by atomic mass is 9.45. The smallest absolute Gasteiger partial charge is 0.471 e. The predicted molar refractivity (Wildman–Crippen MR) is 215 cm³/mol. The lowest BCUT2D eigenvalue weighted by molar-refractivity contribution is -0.183. The highest BCUT2D eigenvalue weighted by atomic mass is 19.4. The molecule has 4 aliphatic rings. The van der Waals surface area contributed by atoms with Gasteiger partial charge in [-0.15, -0.1) is 0 Å². The fraction of sp³-hybridized carbons (Fsp3) is 0.523. The van der Waals surface area contributed by atoms with Gasteiger partial charge < -0.3 is 30.7 Å². The minimum absolute atomic E-state index is 0.0548. The van der Waals surface area contributed by atoms with Crippen LogP contribution in [0.3, 0.4) is 0 Å². The third kappa shape index (κ3) is 8.98. The number of amides is 3. The van der Waals surface area contributed by atoms with Gasteiger partial charge in [0.1, 0.15) is 17.9 Å². The highest BCUT2D eigenvalue weighted by molar-refractivity contribution is 5.97. The van der Waals surface area contributed by atoms with Crippen LogP contribution in [0.25, 0.3) is 11.1 Å². The number of ether oxygens (including phenoxy) is 1. The number of aliphatic hydroxyl groups is 1. The topological polar surface area (TPSA) is 132 Å².